The van der Waals surface area contributed by atoms with Gasteiger partial charge in [-0.25, -0.2) is 13.2 Å². The van der Waals surface area contributed by atoms with Crippen molar-refractivity contribution in [1.82, 2.24) is 14.5 Å². The van der Waals surface area contributed by atoms with Crippen molar-refractivity contribution in [3.63, 3.8) is 0 Å². The number of nitrogens with one attached hydrogen (secondary N) is 1. The molecule has 1 rings (SSSR count). The molecule has 0 radical (unpaired) electrons. The fourth-order valence-corrected chi connectivity index (χ4v) is 2.61. The molecule has 0 atom stereocenters. The minimum absolute atomic E-state index is 0.360. The first kappa shape index (κ1) is 15.2. The lowest BCUT2D eigenvalue weighted by atomic mass is 10.3. The van der Waals surface area contributed by atoms with Gasteiger partial charge in [-0.3, -0.25) is 4.90 Å². The maximum absolute atomic E-state index is 11.3. The lowest BCUT2D eigenvalue weighted by Crippen LogP contribution is -2.49. The highest BCUT2D eigenvalue weighted by Gasteiger charge is 2.22. The highest BCUT2D eigenvalue weighted by Crippen LogP contribution is 2.05. The van der Waals surface area contributed by atoms with E-state index < -0.39 is 16.1 Å². The Labute approximate surface area is 108 Å². The third-order valence-corrected chi connectivity index (χ3v) is 4.08. The van der Waals surface area contributed by atoms with E-state index in [9.17, 15) is 13.2 Å². The molecule has 1 N–H and O–H groups in total. The molecule has 1 amide bonds. The van der Waals surface area contributed by atoms with E-state index in [4.69, 9.17) is 4.74 Å². The van der Waals surface area contributed by atoms with Crippen LogP contribution in [-0.4, -0.2) is 75.8 Å². The van der Waals surface area contributed by atoms with E-state index in [1.54, 1.807) is 6.92 Å². The summed E-state index contributed by atoms with van der Waals surface area (Å²) in [6, 6.07) is 0. The Kier molecular flexibility index (Phi) is 5.83. The van der Waals surface area contributed by atoms with Gasteiger partial charge in [0.05, 0.1) is 12.9 Å². The Balaban J connectivity index is 2.18. The van der Waals surface area contributed by atoms with Gasteiger partial charge >= 0.3 is 6.09 Å². The first-order chi connectivity index (χ1) is 8.43. The monoisotopic (exact) mass is 279 g/mol. The first-order valence-corrected chi connectivity index (χ1v) is 7.86. The van der Waals surface area contributed by atoms with Gasteiger partial charge in [0.1, 0.15) is 0 Å². The summed E-state index contributed by atoms with van der Waals surface area (Å²) in [6.07, 6.45) is 0.817. The highest BCUT2D eigenvalue weighted by molar-refractivity contribution is 7.88. The van der Waals surface area contributed by atoms with Crippen molar-refractivity contribution >= 4 is 16.1 Å². The second-order valence-corrected chi connectivity index (χ2v) is 6.13. The highest BCUT2D eigenvalue weighted by atomic mass is 32.2. The summed E-state index contributed by atoms with van der Waals surface area (Å²) in [7, 11) is -3.07. The van der Waals surface area contributed by atoms with Crippen LogP contribution in [0.2, 0.25) is 0 Å². The Morgan fingerprint density at radius 3 is 2.39 bits per heavy atom. The summed E-state index contributed by atoms with van der Waals surface area (Å²) in [5, 5.41) is 2.64. The van der Waals surface area contributed by atoms with Crippen molar-refractivity contribution in [3.05, 3.63) is 0 Å². The molecule has 0 aromatic heterocycles. The number of nitrogens with zero attached hydrogens (tertiary/aromatic N) is 2. The number of hydrogen-bond donors (Lipinski definition) is 1. The zero-order chi connectivity index (χ0) is 13.6. The van der Waals surface area contributed by atoms with E-state index in [2.05, 4.69) is 10.2 Å². The molecular weight excluding hydrogens is 258 g/mol. The zero-order valence-electron chi connectivity index (χ0n) is 10.9. The molecular formula is C10H21N3O4S. The molecule has 0 aromatic rings. The molecule has 1 heterocycles. The first-order valence-electron chi connectivity index (χ1n) is 6.01. The Morgan fingerprint density at radius 1 is 1.28 bits per heavy atom. The molecule has 0 aromatic carbocycles. The summed E-state index contributed by atoms with van der Waals surface area (Å²) in [4.78, 5) is 13.1. The lowest BCUT2D eigenvalue weighted by Gasteiger charge is -2.33. The molecule has 0 bridgehead atoms. The van der Waals surface area contributed by atoms with Crippen LogP contribution in [-0.2, 0) is 14.8 Å². The van der Waals surface area contributed by atoms with Gasteiger partial charge in [-0.15, -0.1) is 0 Å². The van der Waals surface area contributed by atoms with Crippen LogP contribution in [0.5, 0.6) is 0 Å². The molecule has 1 aliphatic heterocycles. The summed E-state index contributed by atoms with van der Waals surface area (Å²) in [5.74, 6) is 0. The summed E-state index contributed by atoms with van der Waals surface area (Å²) < 4.78 is 28.8. The molecule has 18 heavy (non-hydrogen) atoms. The maximum Gasteiger partial charge on any atom is 0.407 e. The van der Waals surface area contributed by atoms with E-state index >= 15 is 0 Å². The van der Waals surface area contributed by atoms with Gasteiger partial charge in [0, 0.05) is 39.3 Å². The topological polar surface area (TPSA) is 79.0 Å². The van der Waals surface area contributed by atoms with Crippen LogP contribution >= 0.6 is 0 Å². The van der Waals surface area contributed by atoms with E-state index in [1.807, 2.05) is 0 Å². The van der Waals surface area contributed by atoms with Gasteiger partial charge in [-0.05, 0) is 6.92 Å². The standard InChI is InChI=1S/C10H21N3O4S/c1-3-17-10(14)11-4-5-12-6-8-13(9-7-12)18(2,15)16/h3-9H2,1-2H3,(H,11,14). The van der Waals surface area contributed by atoms with Gasteiger partial charge in [0.2, 0.25) is 10.0 Å². The Morgan fingerprint density at radius 2 is 1.89 bits per heavy atom. The van der Waals surface area contributed by atoms with Crippen molar-refractivity contribution < 1.29 is 17.9 Å². The van der Waals surface area contributed by atoms with Crippen molar-refractivity contribution in [1.29, 1.82) is 0 Å². The van der Waals surface area contributed by atoms with Gasteiger partial charge in [0.15, 0.2) is 0 Å². The molecule has 1 saturated heterocycles. The number of carbonyl (C=O) groups excluding carboxylic acids is 1. The Hall–Kier alpha value is -0.860. The number of hydrogen-bond acceptors (Lipinski definition) is 5. The van der Waals surface area contributed by atoms with E-state index in [0.29, 0.717) is 45.9 Å². The van der Waals surface area contributed by atoms with Crippen LogP contribution < -0.4 is 5.32 Å². The predicted molar refractivity (Wildman–Crippen MR) is 67.9 cm³/mol. The molecule has 106 valence electrons. The summed E-state index contributed by atoms with van der Waals surface area (Å²) in [6.45, 7) is 5.74. The fraction of sp³-hybridized carbons (Fsp3) is 0.900. The molecule has 0 saturated carbocycles. The number of carbonyl (C=O) groups is 1. The third-order valence-electron chi connectivity index (χ3n) is 2.77. The average Bonchev–Trinajstić information content (AvgIpc) is 2.29. The number of alkyl carbamates (subject to hydrolysis) is 1. The molecule has 8 heteroatoms. The van der Waals surface area contributed by atoms with Gasteiger partial charge in [-0.2, -0.15) is 4.31 Å². The summed E-state index contributed by atoms with van der Waals surface area (Å²) >= 11 is 0. The van der Waals surface area contributed by atoms with E-state index in [0.717, 1.165) is 0 Å². The van der Waals surface area contributed by atoms with Crippen LogP contribution in [0.1, 0.15) is 6.92 Å². The van der Waals surface area contributed by atoms with Crippen molar-refractivity contribution in [2.45, 2.75) is 6.92 Å². The predicted octanol–water partition coefficient (Wildman–Crippen LogP) is -0.690. The quantitative estimate of drug-likeness (QED) is 0.720. The van der Waals surface area contributed by atoms with Crippen molar-refractivity contribution in [3.8, 4) is 0 Å². The van der Waals surface area contributed by atoms with Crippen LogP contribution in [0.25, 0.3) is 0 Å². The minimum Gasteiger partial charge on any atom is -0.450 e. The number of ether oxygens (including phenoxy) is 1. The van der Waals surface area contributed by atoms with Crippen LogP contribution in [0.4, 0.5) is 4.79 Å². The average molecular weight is 279 g/mol. The molecule has 7 nitrogen and oxygen atoms in total. The maximum atomic E-state index is 11.3. The molecule has 1 fully saturated rings. The second kappa shape index (κ2) is 6.91. The van der Waals surface area contributed by atoms with Crippen LogP contribution in [0, 0.1) is 0 Å². The fourth-order valence-electron chi connectivity index (χ4n) is 1.78. The van der Waals surface area contributed by atoms with Gasteiger partial charge in [0.25, 0.3) is 0 Å². The Bertz CT molecular complexity index is 363. The van der Waals surface area contributed by atoms with Gasteiger partial charge in [-0.1, -0.05) is 0 Å². The smallest absolute Gasteiger partial charge is 0.407 e. The zero-order valence-corrected chi connectivity index (χ0v) is 11.7. The second-order valence-electron chi connectivity index (χ2n) is 4.15. The van der Waals surface area contributed by atoms with E-state index in [1.165, 1.54) is 10.6 Å². The molecule has 0 unspecified atom stereocenters. The lowest BCUT2D eigenvalue weighted by molar-refractivity contribution is 0.147. The van der Waals surface area contributed by atoms with Crippen LogP contribution in [0.15, 0.2) is 0 Å². The number of amides is 1. The van der Waals surface area contributed by atoms with Gasteiger partial charge < -0.3 is 10.1 Å². The number of rotatable bonds is 5. The van der Waals surface area contributed by atoms with Crippen molar-refractivity contribution in [2.75, 3.05) is 52.1 Å². The van der Waals surface area contributed by atoms with Crippen molar-refractivity contribution in [2.24, 2.45) is 0 Å². The SMILES string of the molecule is CCOC(=O)NCCN1CCN(S(C)(=O)=O)CC1. The molecule has 0 aliphatic carbocycles. The molecule has 1 aliphatic rings. The minimum atomic E-state index is -3.07. The number of sulfonamides is 1. The largest absolute Gasteiger partial charge is 0.450 e. The van der Waals surface area contributed by atoms with E-state index in [-0.39, 0.29) is 0 Å². The molecule has 0 spiro atoms. The number of piperazine rings is 1. The third kappa shape index (κ3) is 5.19. The summed E-state index contributed by atoms with van der Waals surface area (Å²) in [5.41, 5.74) is 0. The van der Waals surface area contributed by atoms with Crippen LogP contribution in [0.3, 0.4) is 0 Å². The normalized spacial score (nSPS) is 18.6.